The summed E-state index contributed by atoms with van der Waals surface area (Å²) in [6.07, 6.45) is 0. The van der Waals surface area contributed by atoms with Crippen LogP contribution in [0.2, 0.25) is 30.1 Å². The average Bonchev–Trinajstić information content (AvgIpc) is 2.75. The van der Waals surface area contributed by atoms with Crippen LogP contribution >= 0.6 is 96.6 Å². The molecular formula is C24H18Cl6S2. The topological polar surface area (TPSA) is 0 Å². The second-order valence-electron chi connectivity index (χ2n) is 6.22. The predicted molar refractivity (Wildman–Crippen MR) is 155 cm³/mol. The van der Waals surface area contributed by atoms with Gasteiger partial charge in [0.25, 0.3) is 0 Å². The first-order valence-electron chi connectivity index (χ1n) is 8.76. The van der Waals surface area contributed by atoms with Crippen LogP contribution in [0.25, 0.3) is 22.3 Å². The SMILES string of the molecule is Clc1cc(Cl)c(-c2ccccc2)cc1Cl.Clc1cc(Cl)c(-c2ccccc2)cc1Cl.S.S. The summed E-state index contributed by atoms with van der Waals surface area (Å²) in [6, 6.07) is 26.5. The molecule has 4 aromatic rings. The van der Waals surface area contributed by atoms with Gasteiger partial charge in [0.2, 0.25) is 0 Å². The Balaban J connectivity index is 0.000000301. The molecule has 32 heavy (non-hydrogen) atoms. The quantitative estimate of drug-likeness (QED) is 0.206. The second-order valence-corrected chi connectivity index (χ2v) is 8.67. The summed E-state index contributed by atoms with van der Waals surface area (Å²) in [6.45, 7) is 0. The molecule has 4 aromatic carbocycles. The van der Waals surface area contributed by atoms with E-state index in [0.29, 0.717) is 30.1 Å². The minimum atomic E-state index is 0. The van der Waals surface area contributed by atoms with Crippen molar-refractivity contribution in [1.82, 2.24) is 0 Å². The van der Waals surface area contributed by atoms with E-state index in [-0.39, 0.29) is 27.0 Å². The fourth-order valence-electron chi connectivity index (χ4n) is 2.72. The third kappa shape index (κ3) is 7.68. The normalized spacial score (nSPS) is 9.69. The van der Waals surface area contributed by atoms with Gasteiger partial charge in [0.15, 0.2) is 0 Å². The van der Waals surface area contributed by atoms with Gasteiger partial charge in [-0.25, -0.2) is 0 Å². The molecule has 0 spiro atoms. The fraction of sp³-hybridized carbons (Fsp3) is 0. The summed E-state index contributed by atoms with van der Waals surface area (Å²) in [5.74, 6) is 0. The van der Waals surface area contributed by atoms with Gasteiger partial charge in [0.05, 0.1) is 20.1 Å². The number of rotatable bonds is 2. The van der Waals surface area contributed by atoms with E-state index in [1.54, 1.807) is 24.3 Å². The molecule has 0 aliphatic heterocycles. The van der Waals surface area contributed by atoms with Gasteiger partial charge in [-0.05, 0) is 35.4 Å². The van der Waals surface area contributed by atoms with Crippen LogP contribution < -0.4 is 0 Å². The summed E-state index contributed by atoms with van der Waals surface area (Å²) in [4.78, 5) is 0. The van der Waals surface area contributed by atoms with Crippen molar-refractivity contribution in [2.45, 2.75) is 0 Å². The van der Waals surface area contributed by atoms with E-state index in [1.807, 2.05) is 60.7 Å². The molecule has 0 bridgehead atoms. The van der Waals surface area contributed by atoms with Gasteiger partial charge in [0, 0.05) is 21.2 Å². The largest absolute Gasteiger partial charge is 0.197 e. The molecule has 0 heterocycles. The van der Waals surface area contributed by atoms with Crippen molar-refractivity contribution in [3.63, 3.8) is 0 Å². The van der Waals surface area contributed by atoms with Gasteiger partial charge in [-0.3, -0.25) is 0 Å². The van der Waals surface area contributed by atoms with Gasteiger partial charge in [0.1, 0.15) is 0 Å². The molecule has 0 aliphatic carbocycles. The molecular weight excluding hydrogens is 565 g/mol. The van der Waals surface area contributed by atoms with E-state index in [0.717, 1.165) is 22.3 Å². The zero-order valence-corrected chi connectivity index (χ0v) is 22.9. The number of hydrogen-bond donors (Lipinski definition) is 0. The summed E-state index contributed by atoms with van der Waals surface area (Å²) in [5, 5.41) is 3.19. The van der Waals surface area contributed by atoms with Gasteiger partial charge in [-0.15, -0.1) is 0 Å². The molecule has 0 saturated heterocycles. The van der Waals surface area contributed by atoms with E-state index in [2.05, 4.69) is 0 Å². The predicted octanol–water partition coefficient (Wildman–Crippen LogP) is 10.9. The zero-order chi connectivity index (χ0) is 21.7. The van der Waals surface area contributed by atoms with Gasteiger partial charge < -0.3 is 0 Å². The second kappa shape index (κ2) is 13.9. The highest BCUT2D eigenvalue weighted by Gasteiger charge is 2.08. The monoisotopic (exact) mass is 580 g/mol. The van der Waals surface area contributed by atoms with Crippen LogP contribution in [0, 0.1) is 0 Å². The molecule has 0 N–H and O–H groups in total. The zero-order valence-electron chi connectivity index (χ0n) is 16.4. The fourth-order valence-corrected chi connectivity index (χ4v) is 4.03. The van der Waals surface area contributed by atoms with Crippen LogP contribution in [-0.2, 0) is 0 Å². The van der Waals surface area contributed by atoms with E-state index < -0.39 is 0 Å². The van der Waals surface area contributed by atoms with Crippen LogP contribution in [0.15, 0.2) is 84.9 Å². The smallest absolute Gasteiger partial charge is 0.0607 e. The molecule has 4 rings (SSSR count). The van der Waals surface area contributed by atoms with Crippen LogP contribution in [-0.4, -0.2) is 0 Å². The first-order chi connectivity index (χ1) is 14.4. The molecule has 0 aliphatic rings. The molecule has 0 nitrogen and oxygen atoms in total. The highest BCUT2D eigenvalue weighted by atomic mass is 35.5. The molecule has 0 fully saturated rings. The van der Waals surface area contributed by atoms with Crippen molar-refractivity contribution in [2.24, 2.45) is 0 Å². The molecule has 0 unspecified atom stereocenters. The average molecular weight is 583 g/mol. The molecule has 0 radical (unpaired) electrons. The van der Waals surface area contributed by atoms with Crippen molar-refractivity contribution >= 4 is 96.6 Å². The lowest BCUT2D eigenvalue weighted by molar-refractivity contribution is 1.62. The highest BCUT2D eigenvalue weighted by Crippen LogP contribution is 2.36. The van der Waals surface area contributed by atoms with Crippen molar-refractivity contribution < 1.29 is 0 Å². The number of halogens is 6. The maximum absolute atomic E-state index is 6.09. The first kappa shape index (κ1) is 29.4. The van der Waals surface area contributed by atoms with Gasteiger partial charge in [-0.2, -0.15) is 27.0 Å². The first-order valence-corrected chi connectivity index (χ1v) is 11.0. The molecule has 0 aromatic heterocycles. The van der Waals surface area contributed by atoms with Gasteiger partial charge in [-0.1, -0.05) is 130 Å². The van der Waals surface area contributed by atoms with Crippen molar-refractivity contribution in [1.29, 1.82) is 0 Å². The lowest BCUT2D eigenvalue weighted by atomic mass is 10.1. The maximum atomic E-state index is 6.09. The Bertz CT molecular complexity index is 1060. The summed E-state index contributed by atoms with van der Waals surface area (Å²) in [7, 11) is 0. The maximum Gasteiger partial charge on any atom is 0.0607 e. The van der Waals surface area contributed by atoms with Crippen molar-refractivity contribution in [3.05, 3.63) is 115 Å². The van der Waals surface area contributed by atoms with E-state index in [9.17, 15) is 0 Å². The lowest BCUT2D eigenvalue weighted by Gasteiger charge is -2.06. The Morgan fingerprint density at radius 3 is 0.938 bits per heavy atom. The molecule has 0 saturated carbocycles. The van der Waals surface area contributed by atoms with Crippen LogP contribution in [0.3, 0.4) is 0 Å². The lowest BCUT2D eigenvalue weighted by Crippen LogP contribution is -1.80. The third-order valence-electron chi connectivity index (χ3n) is 4.19. The van der Waals surface area contributed by atoms with Crippen LogP contribution in [0.5, 0.6) is 0 Å². The Kier molecular flexibility index (Phi) is 12.7. The standard InChI is InChI=1S/2C12H7Cl3.2H2S/c2*13-10-7-12(15)11(14)6-9(10)8-4-2-1-3-5-8;;/h2*1-7H;2*1H2. The van der Waals surface area contributed by atoms with E-state index >= 15 is 0 Å². The van der Waals surface area contributed by atoms with Crippen molar-refractivity contribution in [2.75, 3.05) is 0 Å². The summed E-state index contributed by atoms with van der Waals surface area (Å²) >= 11 is 35.8. The Morgan fingerprint density at radius 2 is 0.625 bits per heavy atom. The van der Waals surface area contributed by atoms with Crippen LogP contribution in [0.1, 0.15) is 0 Å². The number of benzene rings is 4. The van der Waals surface area contributed by atoms with Gasteiger partial charge >= 0.3 is 0 Å². The molecule has 0 atom stereocenters. The Morgan fingerprint density at radius 1 is 0.344 bits per heavy atom. The number of hydrogen-bond acceptors (Lipinski definition) is 0. The Hall–Kier alpha value is -0.680. The van der Waals surface area contributed by atoms with E-state index in [1.165, 1.54) is 0 Å². The molecule has 0 amide bonds. The van der Waals surface area contributed by atoms with Crippen molar-refractivity contribution in [3.8, 4) is 22.3 Å². The minimum absolute atomic E-state index is 0. The van der Waals surface area contributed by atoms with E-state index in [4.69, 9.17) is 69.6 Å². The minimum Gasteiger partial charge on any atom is -0.197 e. The molecule has 8 heteroatoms. The third-order valence-corrected chi connectivity index (χ3v) is 6.26. The summed E-state index contributed by atoms with van der Waals surface area (Å²) < 4.78 is 0. The highest BCUT2D eigenvalue weighted by molar-refractivity contribution is 7.59. The Labute approximate surface area is 232 Å². The summed E-state index contributed by atoms with van der Waals surface area (Å²) in [5.41, 5.74) is 3.85. The van der Waals surface area contributed by atoms with Crippen LogP contribution in [0.4, 0.5) is 0 Å². The molecule has 168 valence electrons.